The van der Waals surface area contributed by atoms with E-state index in [1.807, 2.05) is 6.92 Å². The molecular formula is C18H20N2O4S. The molecule has 0 unspecified atom stereocenters. The van der Waals surface area contributed by atoms with Gasteiger partial charge >= 0.3 is 5.97 Å². The van der Waals surface area contributed by atoms with E-state index in [1.54, 1.807) is 24.3 Å². The average Bonchev–Trinajstić information content (AvgIpc) is 3.23. The Morgan fingerprint density at radius 2 is 1.96 bits per heavy atom. The molecule has 0 atom stereocenters. The van der Waals surface area contributed by atoms with Gasteiger partial charge in [0.1, 0.15) is 10.6 Å². The van der Waals surface area contributed by atoms with Gasteiger partial charge in [0, 0.05) is 11.6 Å². The summed E-state index contributed by atoms with van der Waals surface area (Å²) < 4.78 is 5.07. The molecular weight excluding hydrogens is 340 g/mol. The Hall–Kier alpha value is -2.41. The largest absolute Gasteiger partial charge is 0.482 e. The number of rotatable bonds is 6. The zero-order chi connectivity index (χ0) is 17.8. The van der Waals surface area contributed by atoms with E-state index < -0.39 is 12.6 Å². The molecule has 1 aromatic heterocycles. The number of ether oxygens (including phenoxy) is 1. The second-order valence-corrected chi connectivity index (χ2v) is 7.14. The molecule has 0 aliphatic heterocycles. The van der Waals surface area contributed by atoms with Crippen LogP contribution in [0.4, 0.5) is 5.69 Å². The van der Waals surface area contributed by atoms with Gasteiger partial charge in [0.2, 0.25) is 0 Å². The molecule has 132 valence electrons. The van der Waals surface area contributed by atoms with Gasteiger partial charge in [-0.05, 0) is 44.0 Å². The van der Waals surface area contributed by atoms with Crippen molar-refractivity contribution in [2.45, 2.75) is 38.5 Å². The Kier molecular flexibility index (Phi) is 5.33. The van der Waals surface area contributed by atoms with Crippen molar-refractivity contribution >= 4 is 28.9 Å². The van der Waals surface area contributed by atoms with Gasteiger partial charge in [0.25, 0.3) is 5.91 Å². The number of nitrogens with zero attached hydrogens (tertiary/aromatic N) is 1. The number of carbonyl (C=O) groups is 2. The van der Waals surface area contributed by atoms with Gasteiger partial charge in [-0.25, -0.2) is 9.78 Å². The third kappa shape index (κ3) is 4.36. The van der Waals surface area contributed by atoms with Crippen molar-refractivity contribution in [3.8, 4) is 5.75 Å². The first kappa shape index (κ1) is 17.4. The van der Waals surface area contributed by atoms with Crippen LogP contribution in [0.2, 0.25) is 0 Å². The molecule has 1 heterocycles. The number of benzene rings is 1. The Balaban J connectivity index is 1.64. The van der Waals surface area contributed by atoms with Crippen molar-refractivity contribution in [2.24, 2.45) is 0 Å². The van der Waals surface area contributed by atoms with Gasteiger partial charge < -0.3 is 15.2 Å². The van der Waals surface area contributed by atoms with Crippen molar-refractivity contribution in [1.29, 1.82) is 0 Å². The summed E-state index contributed by atoms with van der Waals surface area (Å²) in [5, 5.41) is 12.5. The minimum atomic E-state index is -1.03. The third-order valence-electron chi connectivity index (χ3n) is 4.20. The molecule has 1 aliphatic rings. The number of aromatic nitrogens is 1. The van der Waals surface area contributed by atoms with Crippen molar-refractivity contribution in [1.82, 2.24) is 4.98 Å². The number of carboxylic acid groups (broad SMARTS) is 1. The second kappa shape index (κ2) is 7.65. The van der Waals surface area contributed by atoms with Gasteiger partial charge in [-0.2, -0.15) is 0 Å². The lowest BCUT2D eigenvalue weighted by Crippen LogP contribution is -2.12. The number of aliphatic carboxylic acids is 1. The Morgan fingerprint density at radius 3 is 2.60 bits per heavy atom. The summed E-state index contributed by atoms with van der Waals surface area (Å²) >= 11 is 1.49. The summed E-state index contributed by atoms with van der Waals surface area (Å²) in [4.78, 5) is 28.2. The summed E-state index contributed by atoms with van der Waals surface area (Å²) in [7, 11) is 0. The normalized spacial score (nSPS) is 14.4. The molecule has 1 fully saturated rings. The number of carboxylic acids is 1. The second-order valence-electron chi connectivity index (χ2n) is 6.11. The van der Waals surface area contributed by atoms with Gasteiger partial charge in [0.05, 0.1) is 10.7 Å². The maximum Gasteiger partial charge on any atom is 0.341 e. The molecule has 0 saturated heterocycles. The summed E-state index contributed by atoms with van der Waals surface area (Å²) in [5.74, 6) is -0.261. The number of hydrogen-bond acceptors (Lipinski definition) is 5. The summed E-state index contributed by atoms with van der Waals surface area (Å²) in [6.07, 6.45) is 4.79. The fourth-order valence-electron chi connectivity index (χ4n) is 2.94. The zero-order valence-corrected chi connectivity index (χ0v) is 14.8. The quantitative estimate of drug-likeness (QED) is 0.817. The number of hydrogen-bond donors (Lipinski definition) is 2. The topological polar surface area (TPSA) is 88.5 Å². The highest BCUT2D eigenvalue weighted by Gasteiger charge is 2.23. The van der Waals surface area contributed by atoms with E-state index >= 15 is 0 Å². The molecule has 1 aromatic carbocycles. The molecule has 0 bridgehead atoms. The monoisotopic (exact) mass is 360 g/mol. The van der Waals surface area contributed by atoms with E-state index in [-0.39, 0.29) is 5.91 Å². The van der Waals surface area contributed by atoms with Gasteiger partial charge in [-0.3, -0.25) is 4.79 Å². The first-order valence-electron chi connectivity index (χ1n) is 8.26. The van der Waals surface area contributed by atoms with Crippen molar-refractivity contribution in [3.63, 3.8) is 0 Å². The summed E-state index contributed by atoms with van der Waals surface area (Å²) in [6.45, 7) is 1.47. The number of amides is 1. The third-order valence-corrected chi connectivity index (χ3v) is 5.52. The van der Waals surface area contributed by atoms with Crippen molar-refractivity contribution < 1.29 is 19.4 Å². The molecule has 7 heteroatoms. The molecule has 3 rings (SSSR count). The lowest BCUT2D eigenvalue weighted by Gasteiger charge is -2.06. The van der Waals surface area contributed by atoms with E-state index in [2.05, 4.69) is 10.3 Å². The smallest absolute Gasteiger partial charge is 0.341 e. The van der Waals surface area contributed by atoms with Gasteiger partial charge in [-0.15, -0.1) is 11.3 Å². The van der Waals surface area contributed by atoms with E-state index in [4.69, 9.17) is 9.84 Å². The number of carbonyl (C=O) groups excluding carboxylic acids is 1. The first-order valence-corrected chi connectivity index (χ1v) is 9.08. The fourth-order valence-corrected chi connectivity index (χ4v) is 4.07. The summed E-state index contributed by atoms with van der Waals surface area (Å²) in [5.41, 5.74) is 1.40. The maximum absolute atomic E-state index is 12.5. The molecule has 1 aliphatic carbocycles. The van der Waals surface area contributed by atoms with Crippen LogP contribution in [0.25, 0.3) is 0 Å². The number of aryl methyl sites for hydroxylation is 1. The van der Waals surface area contributed by atoms with E-state index in [0.29, 0.717) is 22.2 Å². The fraction of sp³-hybridized carbons (Fsp3) is 0.389. The van der Waals surface area contributed by atoms with Crippen LogP contribution < -0.4 is 10.1 Å². The molecule has 25 heavy (non-hydrogen) atoms. The van der Waals surface area contributed by atoms with Crippen LogP contribution in [-0.4, -0.2) is 28.6 Å². The molecule has 1 saturated carbocycles. The van der Waals surface area contributed by atoms with E-state index in [1.165, 1.54) is 24.2 Å². The lowest BCUT2D eigenvalue weighted by molar-refractivity contribution is -0.139. The summed E-state index contributed by atoms with van der Waals surface area (Å²) in [6, 6.07) is 6.62. The van der Waals surface area contributed by atoms with Crippen LogP contribution in [0.5, 0.6) is 5.75 Å². The minimum absolute atomic E-state index is 0.168. The van der Waals surface area contributed by atoms with E-state index in [0.717, 1.165) is 23.5 Å². The van der Waals surface area contributed by atoms with Crippen LogP contribution in [0, 0.1) is 6.92 Å². The molecule has 1 amide bonds. The number of thiazole rings is 1. The standard InChI is InChI=1S/C18H20N2O4S/c1-11-16(25-18(19-11)12-4-2-3-5-12)17(23)20-13-6-8-14(9-7-13)24-10-15(21)22/h6-9,12H,2-5,10H2,1H3,(H,20,23)(H,21,22). The molecule has 0 spiro atoms. The first-order chi connectivity index (χ1) is 12.0. The molecule has 6 nitrogen and oxygen atoms in total. The van der Waals surface area contributed by atoms with Gasteiger partial charge in [0.15, 0.2) is 6.61 Å². The Labute approximate surface area is 149 Å². The lowest BCUT2D eigenvalue weighted by atomic mass is 10.1. The Morgan fingerprint density at radius 1 is 1.28 bits per heavy atom. The van der Waals surface area contributed by atoms with Crippen LogP contribution >= 0.6 is 11.3 Å². The predicted molar refractivity (Wildman–Crippen MR) is 95.6 cm³/mol. The predicted octanol–water partition coefficient (Wildman–Crippen LogP) is 3.82. The highest BCUT2D eigenvalue weighted by Crippen LogP contribution is 2.37. The SMILES string of the molecule is Cc1nc(C2CCCC2)sc1C(=O)Nc1ccc(OCC(=O)O)cc1. The number of nitrogens with one attached hydrogen (secondary N) is 1. The zero-order valence-electron chi connectivity index (χ0n) is 13.9. The highest BCUT2D eigenvalue weighted by molar-refractivity contribution is 7.14. The Bertz CT molecular complexity index is 764. The van der Waals surface area contributed by atoms with Crippen LogP contribution in [0.1, 0.15) is 52.0 Å². The van der Waals surface area contributed by atoms with Crippen LogP contribution in [0.3, 0.4) is 0 Å². The van der Waals surface area contributed by atoms with Gasteiger partial charge in [-0.1, -0.05) is 12.8 Å². The number of anilines is 1. The molecule has 2 N–H and O–H groups in total. The van der Waals surface area contributed by atoms with Crippen molar-refractivity contribution in [2.75, 3.05) is 11.9 Å². The van der Waals surface area contributed by atoms with Crippen molar-refractivity contribution in [3.05, 3.63) is 39.8 Å². The van der Waals surface area contributed by atoms with E-state index in [9.17, 15) is 9.59 Å². The highest BCUT2D eigenvalue weighted by atomic mass is 32.1. The van der Waals surface area contributed by atoms with Crippen LogP contribution in [0.15, 0.2) is 24.3 Å². The molecule has 2 aromatic rings. The van der Waals surface area contributed by atoms with Crippen LogP contribution in [-0.2, 0) is 4.79 Å². The average molecular weight is 360 g/mol. The minimum Gasteiger partial charge on any atom is -0.482 e. The molecule has 0 radical (unpaired) electrons. The maximum atomic E-state index is 12.5.